The first-order chi connectivity index (χ1) is 8.56. The molecule has 0 radical (unpaired) electrons. The van der Waals surface area contributed by atoms with Crippen LogP contribution in [0.4, 0.5) is 0 Å². The number of ether oxygens (including phenoxy) is 2. The number of esters is 1. The molecule has 0 amide bonds. The predicted molar refractivity (Wildman–Crippen MR) is 70.4 cm³/mol. The summed E-state index contributed by atoms with van der Waals surface area (Å²) < 4.78 is 11.1. The van der Waals surface area contributed by atoms with Gasteiger partial charge in [0.2, 0.25) is 0 Å². The summed E-state index contributed by atoms with van der Waals surface area (Å²) in [7, 11) is 0. The molecular weight excluding hydrogens is 250 g/mol. The third-order valence-electron chi connectivity index (χ3n) is 3.04. The van der Waals surface area contributed by atoms with Crippen molar-refractivity contribution in [2.45, 2.75) is 51.0 Å². The van der Waals surface area contributed by atoms with Crippen molar-refractivity contribution in [2.75, 3.05) is 0 Å². The largest absolute Gasteiger partial charge is 0.461 e. The Bertz CT molecular complexity index is 383. The van der Waals surface area contributed by atoms with E-state index in [2.05, 4.69) is 0 Å². The average molecular weight is 269 g/mol. The fourth-order valence-corrected chi connectivity index (χ4v) is 2.98. The van der Waals surface area contributed by atoms with Crippen LogP contribution in [0, 0.1) is 0 Å². The number of nitrogens with two attached hydrogens (primary N) is 1. The second kappa shape index (κ2) is 5.82. The molecule has 1 aliphatic heterocycles. The Morgan fingerprint density at radius 2 is 2.17 bits per heavy atom. The van der Waals surface area contributed by atoms with Gasteiger partial charge < -0.3 is 15.2 Å². The maximum Gasteiger partial charge on any atom is 0.328 e. The van der Waals surface area contributed by atoms with Crippen LogP contribution in [0.1, 0.15) is 37.6 Å². The topological polar surface area (TPSA) is 61.5 Å². The second-order valence-electron chi connectivity index (χ2n) is 4.78. The number of rotatable bonds is 3. The summed E-state index contributed by atoms with van der Waals surface area (Å²) in [6.07, 6.45) is 1.66. The van der Waals surface area contributed by atoms with E-state index in [1.807, 2.05) is 31.4 Å². The van der Waals surface area contributed by atoms with Crippen LogP contribution in [0.3, 0.4) is 0 Å². The normalized spacial score (nSPS) is 29.8. The Morgan fingerprint density at radius 3 is 2.72 bits per heavy atom. The Kier molecular flexibility index (Phi) is 4.37. The van der Waals surface area contributed by atoms with Crippen molar-refractivity contribution in [3.63, 3.8) is 0 Å². The van der Waals surface area contributed by atoms with E-state index in [9.17, 15) is 4.79 Å². The molecule has 0 saturated carbocycles. The monoisotopic (exact) mass is 269 g/mol. The number of carbonyl (C=O) groups excluding carboxylic acids is 1. The summed E-state index contributed by atoms with van der Waals surface area (Å²) >= 11 is 1.47. The highest BCUT2D eigenvalue weighted by molar-refractivity contribution is 7.10. The molecule has 0 aliphatic carbocycles. The minimum Gasteiger partial charge on any atom is -0.461 e. The van der Waals surface area contributed by atoms with Crippen LogP contribution in [0.15, 0.2) is 17.5 Å². The third-order valence-corrected chi connectivity index (χ3v) is 4.00. The standard InChI is InChI=1S/C13H19NO3S/c1-8-6-10(7-9(2)16-8)17-13(15)12(14)11-4-3-5-18-11/h3-5,8-10,12H,6-7,14H2,1-2H3. The first-order valence-corrected chi connectivity index (χ1v) is 7.09. The first-order valence-electron chi connectivity index (χ1n) is 6.21. The maximum atomic E-state index is 11.9. The molecule has 0 bridgehead atoms. The predicted octanol–water partition coefficient (Wildman–Crippen LogP) is 2.25. The molecular formula is C13H19NO3S. The lowest BCUT2D eigenvalue weighted by Crippen LogP contribution is -2.37. The molecule has 2 N–H and O–H groups in total. The van der Waals surface area contributed by atoms with Gasteiger partial charge in [0.25, 0.3) is 0 Å². The minimum atomic E-state index is -0.668. The van der Waals surface area contributed by atoms with Gasteiger partial charge in [-0.05, 0) is 25.3 Å². The van der Waals surface area contributed by atoms with E-state index < -0.39 is 6.04 Å². The van der Waals surface area contributed by atoms with Crippen molar-refractivity contribution in [3.05, 3.63) is 22.4 Å². The van der Waals surface area contributed by atoms with Gasteiger partial charge in [-0.1, -0.05) is 6.07 Å². The Labute approximate surface area is 111 Å². The lowest BCUT2D eigenvalue weighted by atomic mass is 10.0. The summed E-state index contributed by atoms with van der Waals surface area (Å²) in [6, 6.07) is 3.07. The summed E-state index contributed by atoms with van der Waals surface area (Å²) in [5, 5.41) is 1.90. The van der Waals surface area contributed by atoms with Gasteiger partial charge in [-0.3, -0.25) is 0 Å². The highest BCUT2D eigenvalue weighted by Gasteiger charge is 2.29. The van der Waals surface area contributed by atoms with E-state index in [-0.39, 0.29) is 24.3 Å². The van der Waals surface area contributed by atoms with Gasteiger partial charge in [0.1, 0.15) is 12.1 Å². The van der Waals surface area contributed by atoms with Gasteiger partial charge in [-0.15, -0.1) is 11.3 Å². The molecule has 5 heteroatoms. The van der Waals surface area contributed by atoms with Crippen LogP contribution in [0.5, 0.6) is 0 Å². The zero-order chi connectivity index (χ0) is 13.1. The molecule has 2 heterocycles. The third kappa shape index (κ3) is 3.31. The quantitative estimate of drug-likeness (QED) is 0.855. The van der Waals surface area contributed by atoms with Gasteiger partial charge in [-0.2, -0.15) is 0 Å². The molecule has 1 fully saturated rings. The van der Waals surface area contributed by atoms with Gasteiger partial charge in [0.05, 0.1) is 12.2 Å². The van der Waals surface area contributed by atoms with Crippen LogP contribution in [-0.4, -0.2) is 24.3 Å². The zero-order valence-corrected chi connectivity index (χ0v) is 11.5. The van der Waals surface area contributed by atoms with Crippen molar-refractivity contribution in [2.24, 2.45) is 5.73 Å². The first kappa shape index (κ1) is 13.5. The highest BCUT2D eigenvalue weighted by atomic mass is 32.1. The van der Waals surface area contributed by atoms with Crippen LogP contribution < -0.4 is 5.73 Å². The number of carbonyl (C=O) groups is 1. The Morgan fingerprint density at radius 1 is 1.50 bits per heavy atom. The van der Waals surface area contributed by atoms with Crippen molar-refractivity contribution in [1.29, 1.82) is 0 Å². The molecule has 0 spiro atoms. The molecule has 3 unspecified atom stereocenters. The Balaban J connectivity index is 1.91. The van der Waals surface area contributed by atoms with E-state index in [0.717, 1.165) is 17.7 Å². The average Bonchev–Trinajstić information content (AvgIpc) is 2.79. The molecule has 100 valence electrons. The van der Waals surface area contributed by atoms with Crippen molar-refractivity contribution in [3.8, 4) is 0 Å². The number of thiophene rings is 1. The molecule has 1 aliphatic rings. The molecule has 2 rings (SSSR count). The SMILES string of the molecule is CC1CC(OC(=O)C(N)c2cccs2)CC(C)O1. The van der Waals surface area contributed by atoms with Crippen LogP contribution in [-0.2, 0) is 14.3 Å². The maximum absolute atomic E-state index is 11.9. The van der Waals surface area contributed by atoms with Crippen molar-refractivity contribution in [1.82, 2.24) is 0 Å². The van der Waals surface area contributed by atoms with E-state index in [4.69, 9.17) is 15.2 Å². The lowest BCUT2D eigenvalue weighted by molar-refractivity contribution is -0.161. The zero-order valence-electron chi connectivity index (χ0n) is 10.7. The summed E-state index contributed by atoms with van der Waals surface area (Å²) in [6.45, 7) is 3.99. The number of hydrogen-bond acceptors (Lipinski definition) is 5. The van der Waals surface area contributed by atoms with E-state index in [1.54, 1.807) is 0 Å². The second-order valence-corrected chi connectivity index (χ2v) is 5.76. The Hall–Kier alpha value is -0.910. The molecule has 0 aromatic carbocycles. The molecule has 1 aromatic heterocycles. The van der Waals surface area contributed by atoms with Gasteiger partial charge in [0.15, 0.2) is 0 Å². The van der Waals surface area contributed by atoms with E-state index in [1.165, 1.54) is 11.3 Å². The van der Waals surface area contributed by atoms with Crippen LogP contribution in [0.2, 0.25) is 0 Å². The molecule has 1 saturated heterocycles. The minimum absolute atomic E-state index is 0.0812. The lowest BCUT2D eigenvalue weighted by Gasteiger charge is -2.32. The van der Waals surface area contributed by atoms with Crippen LogP contribution in [0.25, 0.3) is 0 Å². The van der Waals surface area contributed by atoms with E-state index >= 15 is 0 Å². The fraction of sp³-hybridized carbons (Fsp3) is 0.615. The smallest absolute Gasteiger partial charge is 0.328 e. The molecule has 1 aromatic rings. The fourth-order valence-electron chi connectivity index (χ4n) is 2.26. The van der Waals surface area contributed by atoms with Crippen molar-refractivity contribution >= 4 is 17.3 Å². The summed E-state index contributed by atoms with van der Waals surface area (Å²) in [5.41, 5.74) is 5.87. The number of hydrogen-bond donors (Lipinski definition) is 1. The van der Waals surface area contributed by atoms with Crippen molar-refractivity contribution < 1.29 is 14.3 Å². The summed E-state index contributed by atoms with van der Waals surface area (Å²) in [5.74, 6) is -0.344. The highest BCUT2D eigenvalue weighted by Crippen LogP contribution is 2.24. The molecule has 4 nitrogen and oxygen atoms in total. The van der Waals surface area contributed by atoms with Gasteiger partial charge >= 0.3 is 5.97 Å². The molecule has 3 atom stereocenters. The van der Waals surface area contributed by atoms with E-state index in [0.29, 0.717) is 0 Å². The molecule has 18 heavy (non-hydrogen) atoms. The summed E-state index contributed by atoms with van der Waals surface area (Å²) in [4.78, 5) is 12.8. The van der Waals surface area contributed by atoms with Gasteiger partial charge in [0, 0.05) is 17.7 Å². The van der Waals surface area contributed by atoms with Gasteiger partial charge in [-0.25, -0.2) is 4.79 Å². The van der Waals surface area contributed by atoms with Crippen LogP contribution >= 0.6 is 11.3 Å².